The van der Waals surface area contributed by atoms with Gasteiger partial charge in [0, 0.05) is 30.8 Å². The van der Waals surface area contributed by atoms with Gasteiger partial charge in [-0.05, 0) is 54.3 Å². The van der Waals surface area contributed by atoms with Crippen LogP contribution >= 0.6 is 0 Å². The van der Waals surface area contributed by atoms with Crippen molar-refractivity contribution in [3.63, 3.8) is 0 Å². The van der Waals surface area contributed by atoms with E-state index in [2.05, 4.69) is 30.6 Å². The van der Waals surface area contributed by atoms with Crippen molar-refractivity contribution in [2.24, 2.45) is 11.8 Å². The number of fused-ring (bicyclic) bond motifs is 1. The van der Waals surface area contributed by atoms with Crippen molar-refractivity contribution in [3.05, 3.63) is 64.8 Å². The molecular formula is C24H24FN5O. The Kier molecular flexibility index (Phi) is 5.77. The molecule has 0 unspecified atom stereocenters. The van der Waals surface area contributed by atoms with E-state index >= 15 is 0 Å². The van der Waals surface area contributed by atoms with E-state index in [1.807, 2.05) is 11.2 Å². The zero-order valence-corrected chi connectivity index (χ0v) is 17.4. The van der Waals surface area contributed by atoms with Gasteiger partial charge in [-0.2, -0.15) is 10.5 Å². The number of nitriles is 2. The molecule has 0 aromatic heterocycles. The van der Waals surface area contributed by atoms with E-state index in [0.29, 0.717) is 13.1 Å². The fourth-order valence-corrected chi connectivity index (χ4v) is 4.78. The van der Waals surface area contributed by atoms with Crippen LogP contribution in [0.2, 0.25) is 0 Å². The first kappa shape index (κ1) is 20.7. The Morgan fingerprint density at radius 2 is 1.90 bits per heavy atom. The molecule has 1 aliphatic heterocycles. The molecule has 0 saturated heterocycles. The molecule has 31 heavy (non-hydrogen) atoms. The largest absolute Gasteiger partial charge is 0.340 e. The number of anilines is 1. The summed E-state index contributed by atoms with van der Waals surface area (Å²) in [5.41, 5.74) is 8.55. The summed E-state index contributed by atoms with van der Waals surface area (Å²) in [4.78, 5) is 15.0. The molecule has 4 rings (SSSR count). The maximum absolute atomic E-state index is 13.3. The van der Waals surface area contributed by atoms with Crippen molar-refractivity contribution in [3.8, 4) is 12.1 Å². The smallest absolute Gasteiger partial charge is 0.229 e. The lowest BCUT2D eigenvalue weighted by Gasteiger charge is -2.31. The molecule has 1 N–H and O–H groups in total. The normalized spacial score (nSPS) is 21.4. The molecule has 0 saturated carbocycles. The highest BCUT2D eigenvalue weighted by molar-refractivity contribution is 5.84. The van der Waals surface area contributed by atoms with E-state index < -0.39 is 0 Å². The third-order valence-corrected chi connectivity index (χ3v) is 6.26. The van der Waals surface area contributed by atoms with Crippen LogP contribution in [0.15, 0.2) is 59.0 Å². The topological polar surface area (TPSA) is 83.2 Å². The number of nitrogens with one attached hydrogen (secondary N) is 1. The molecule has 1 aromatic carbocycles. The van der Waals surface area contributed by atoms with Gasteiger partial charge < -0.3 is 10.3 Å². The van der Waals surface area contributed by atoms with Crippen LogP contribution < -0.4 is 10.4 Å². The molecule has 3 aliphatic rings. The highest BCUT2D eigenvalue weighted by Gasteiger charge is 2.41. The third kappa shape index (κ3) is 3.80. The zero-order chi connectivity index (χ0) is 22.0. The van der Waals surface area contributed by atoms with Gasteiger partial charge in [-0.3, -0.25) is 9.80 Å². The minimum Gasteiger partial charge on any atom is -0.340 e. The van der Waals surface area contributed by atoms with Crippen LogP contribution in [0.3, 0.4) is 0 Å². The molecule has 1 aromatic rings. The predicted molar refractivity (Wildman–Crippen MR) is 114 cm³/mol. The van der Waals surface area contributed by atoms with E-state index in [9.17, 15) is 9.18 Å². The molecule has 7 heteroatoms. The molecule has 2 aliphatic carbocycles. The van der Waals surface area contributed by atoms with E-state index in [1.165, 1.54) is 17.7 Å². The van der Waals surface area contributed by atoms with Gasteiger partial charge in [-0.25, -0.2) is 4.39 Å². The van der Waals surface area contributed by atoms with Crippen molar-refractivity contribution in [2.75, 3.05) is 18.1 Å². The monoisotopic (exact) mass is 417 g/mol. The van der Waals surface area contributed by atoms with Crippen LogP contribution in [-0.2, 0) is 4.79 Å². The molecule has 1 heterocycles. The first-order valence-corrected chi connectivity index (χ1v) is 10.5. The second-order valence-corrected chi connectivity index (χ2v) is 8.01. The van der Waals surface area contributed by atoms with Crippen LogP contribution in [0.1, 0.15) is 32.6 Å². The standard InChI is InChI=1S/C24H24FN5O/c1-16-21-15-28-30(19-7-5-18(25)6-8-19)22(21)14-17-4-9-20(23(16)17)24(31)29(12-2-10-26)13-3-11-27/h5-8,14-16,20,28H,2-4,9,12-13H2,1H3/t16-,20-/m0/s1. The fraction of sp³-hybridized carbons (Fsp3) is 0.375. The number of carbonyl (C=O) groups excluding carboxylic acids is 1. The van der Waals surface area contributed by atoms with Crippen LogP contribution in [0.25, 0.3) is 0 Å². The highest BCUT2D eigenvalue weighted by atomic mass is 19.1. The predicted octanol–water partition coefficient (Wildman–Crippen LogP) is 3.93. The van der Waals surface area contributed by atoms with Crippen LogP contribution in [0, 0.1) is 40.3 Å². The zero-order valence-electron chi connectivity index (χ0n) is 17.4. The van der Waals surface area contributed by atoms with Crippen molar-refractivity contribution in [1.29, 1.82) is 10.5 Å². The molecule has 0 radical (unpaired) electrons. The maximum atomic E-state index is 13.3. The summed E-state index contributed by atoms with van der Waals surface area (Å²) in [6.45, 7) is 2.83. The van der Waals surface area contributed by atoms with Crippen molar-refractivity contribution < 1.29 is 9.18 Å². The number of hydrazine groups is 1. The van der Waals surface area contributed by atoms with Gasteiger partial charge >= 0.3 is 0 Å². The van der Waals surface area contributed by atoms with E-state index in [4.69, 9.17) is 10.5 Å². The molecule has 0 spiro atoms. The van der Waals surface area contributed by atoms with Gasteiger partial charge in [0.05, 0.1) is 42.3 Å². The van der Waals surface area contributed by atoms with E-state index in [0.717, 1.165) is 35.4 Å². The summed E-state index contributed by atoms with van der Waals surface area (Å²) in [6, 6.07) is 10.5. The summed E-state index contributed by atoms with van der Waals surface area (Å²) in [6.07, 6.45) is 6.16. The number of carbonyl (C=O) groups is 1. The Morgan fingerprint density at radius 3 is 2.55 bits per heavy atom. The lowest BCUT2D eigenvalue weighted by atomic mass is 9.80. The summed E-state index contributed by atoms with van der Waals surface area (Å²) in [5, 5.41) is 19.8. The summed E-state index contributed by atoms with van der Waals surface area (Å²) in [7, 11) is 0. The van der Waals surface area contributed by atoms with E-state index in [-0.39, 0.29) is 36.4 Å². The van der Waals surface area contributed by atoms with Crippen molar-refractivity contribution in [2.45, 2.75) is 32.6 Å². The lowest BCUT2D eigenvalue weighted by molar-refractivity contribution is -0.134. The second-order valence-electron chi connectivity index (χ2n) is 8.01. The minimum atomic E-state index is -0.276. The Balaban J connectivity index is 1.61. The number of hydrogen-bond acceptors (Lipinski definition) is 5. The number of rotatable bonds is 6. The summed E-state index contributed by atoms with van der Waals surface area (Å²) < 4.78 is 13.3. The van der Waals surface area contributed by atoms with Crippen LogP contribution in [0.5, 0.6) is 0 Å². The van der Waals surface area contributed by atoms with Gasteiger partial charge in [0.15, 0.2) is 0 Å². The van der Waals surface area contributed by atoms with Gasteiger partial charge in [0.1, 0.15) is 5.82 Å². The molecule has 6 nitrogen and oxygen atoms in total. The van der Waals surface area contributed by atoms with Gasteiger partial charge in [-0.15, -0.1) is 0 Å². The average molecular weight is 417 g/mol. The maximum Gasteiger partial charge on any atom is 0.229 e. The average Bonchev–Trinajstić information content (AvgIpc) is 3.39. The molecule has 0 fully saturated rings. The van der Waals surface area contributed by atoms with Gasteiger partial charge in [0.25, 0.3) is 0 Å². The molecular weight excluding hydrogens is 393 g/mol. The summed E-state index contributed by atoms with van der Waals surface area (Å²) in [5.74, 6) is -0.415. The van der Waals surface area contributed by atoms with Crippen molar-refractivity contribution in [1.82, 2.24) is 10.3 Å². The minimum absolute atomic E-state index is 0.0150. The first-order chi connectivity index (χ1) is 15.0. The second kappa shape index (κ2) is 8.65. The van der Waals surface area contributed by atoms with Crippen molar-refractivity contribution >= 4 is 11.6 Å². The summed E-state index contributed by atoms with van der Waals surface area (Å²) >= 11 is 0. The van der Waals surface area contributed by atoms with Crippen LogP contribution in [0.4, 0.5) is 10.1 Å². The first-order valence-electron chi connectivity index (χ1n) is 10.5. The number of benzene rings is 1. The van der Waals surface area contributed by atoms with Gasteiger partial charge in [0.2, 0.25) is 5.91 Å². The van der Waals surface area contributed by atoms with Crippen LogP contribution in [-0.4, -0.2) is 23.9 Å². The lowest BCUT2D eigenvalue weighted by Crippen LogP contribution is -2.38. The highest BCUT2D eigenvalue weighted by Crippen LogP contribution is 2.48. The van der Waals surface area contributed by atoms with E-state index in [1.54, 1.807) is 17.0 Å². The SMILES string of the molecule is C[C@H]1C2=CNN(c3ccc(F)cc3)C2=CC2=C1[C@@H](C(=O)N(CCC#N)CCC#N)CC2. The Morgan fingerprint density at radius 1 is 1.23 bits per heavy atom. The Bertz CT molecular complexity index is 1040. The Labute approximate surface area is 181 Å². The number of hydrogen-bond donors (Lipinski definition) is 1. The quantitative estimate of drug-likeness (QED) is 0.758. The number of halogens is 1. The third-order valence-electron chi connectivity index (χ3n) is 6.26. The molecule has 0 bridgehead atoms. The molecule has 158 valence electrons. The Hall–Kier alpha value is -3.58. The van der Waals surface area contributed by atoms with Gasteiger partial charge in [-0.1, -0.05) is 6.92 Å². The molecule has 1 amide bonds. The number of nitrogens with zero attached hydrogens (tertiary/aromatic N) is 4. The number of allylic oxidation sites excluding steroid dienone is 3. The fourth-order valence-electron chi connectivity index (χ4n) is 4.78. The molecule has 2 atom stereocenters. The number of amides is 1.